The molecular weight excluding hydrogens is 158 g/mol. The van der Waals surface area contributed by atoms with Crippen molar-refractivity contribution in [2.24, 2.45) is 5.92 Å². The van der Waals surface area contributed by atoms with E-state index < -0.39 is 0 Å². The van der Waals surface area contributed by atoms with Crippen LogP contribution < -0.4 is 5.32 Å². The number of rotatable bonds is 6. The van der Waals surface area contributed by atoms with Gasteiger partial charge in [0.25, 0.3) is 0 Å². The second-order valence-corrected chi connectivity index (χ2v) is 4.56. The molecule has 78 valence electrons. The number of hydrogen-bond donors (Lipinski definition) is 1. The van der Waals surface area contributed by atoms with Crippen LogP contribution in [0.3, 0.4) is 0 Å². The van der Waals surface area contributed by atoms with Crippen molar-refractivity contribution < 1.29 is 0 Å². The predicted molar refractivity (Wildman–Crippen MR) is 58.9 cm³/mol. The molecule has 1 nitrogen and oxygen atoms in total. The highest BCUT2D eigenvalue weighted by Crippen LogP contribution is 2.28. The van der Waals surface area contributed by atoms with Crippen molar-refractivity contribution in [3.63, 3.8) is 0 Å². The Morgan fingerprint density at radius 3 is 2.62 bits per heavy atom. The highest BCUT2D eigenvalue weighted by molar-refractivity contribution is 4.68. The Bertz CT molecular complexity index is 116. The third-order valence-corrected chi connectivity index (χ3v) is 3.37. The van der Waals surface area contributed by atoms with E-state index in [1.807, 2.05) is 0 Å². The third-order valence-electron chi connectivity index (χ3n) is 3.37. The summed E-state index contributed by atoms with van der Waals surface area (Å²) in [5.41, 5.74) is 0. The van der Waals surface area contributed by atoms with Gasteiger partial charge in [0.2, 0.25) is 0 Å². The normalized spacial score (nSPS) is 20.8. The van der Waals surface area contributed by atoms with Crippen molar-refractivity contribution >= 4 is 0 Å². The average molecular weight is 183 g/mol. The van der Waals surface area contributed by atoms with Crippen LogP contribution in [0.15, 0.2) is 0 Å². The smallest absolute Gasteiger partial charge is 0.00360 e. The van der Waals surface area contributed by atoms with Crippen molar-refractivity contribution in [1.29, 1.82) is 0 Å². The van der Waals surface area contributed by atoms with Crippen LogP contribution in [-0.4, -0.2) is 12.6 Å². The molecule has 1 atom stereocenters. The lowest BCUT2D eigenvalue weighted by atomic mass is 10.0. The second kappa shape index (κ2) is 6.42. The van der Waals surface area contributed by atoms with E-state index in [-0.39, 0.29) is 0 Å². The van der Waals surface area contributed by atoms with Crippen molar-refractivity contribution in [3.05, 3.63) is 0 Å². The van der Waals surface area contributed by atoms with Crippen LogP contribution in [0.1, 0.15) is 58.8 Å². The Balaban J connectivity index is 1.88. The second-order valence-electron chi connectivity index (χ2n) is 4.56. The SMILES string of the molecule is CCC(C)NCCCC1CCCC1. The lowest BCUT2D eigenvalue weighted by Gasteiger charge is -2.12. The summed E-state index contributed by atoms with van der Waals surface area (Å²) in [6.45, 7) is 5.75. The minimum atomic E-state index is 0.712. The molecule has 0 aliphatic heterocycles. The molecule has 1 saturated carbocycles. The maximum absolute atomic E-state index is 3.56. The molecule has 1 heteroatoms. The lowest BCUT2D eigenvalue weighted by molar-refractivity contribution is 0.449. The molecule has 1 N–H and O–H groups in total. The van der Waals surface area contributed by atoms with E-state index in [2.05, 4.69) is 19.2 Å². The van der Waals surface area contributed by atoms with Gasteiger partial charge in [0.15, 0.2) is 0 Å². The standard InChI is InChI=1S/C12H25N/c1-3-11(2)13-10-6-9-12-7-4-5-8-12/h11-13H,3-10H2,1-2H3. The van der Waals surface area contributed by atoms with E-state index in [1.165, 1.54) is 51.5 Å². The fourth-order valence-corrected chi connectivity index (χ4v) is 2.18. The lowest BCUT2D eigenvalue weighted by Crippen LogP contribution is -2.26. The number of nitrogens with one attached hydrogen (secondary N) is 1. The van der Waals surface area contributed by atoms with Crippen LogP contribution in [-0.2, 0) is 0 Å². The molecule has 1 unspecified atom stereocenters. The molecule has 0 heterocycles. The molecule has 13 heavy (non-hydrogen) atoms. The highest BCUT2D eigenvalue weighted by atomic mass is 14.9. The molecule has 0 saturated heterocycles. The van der Waals surface area contributed by atoms with Gasteiger partial charge in [-0.1, -0.05) is 32.6 Å². The summed E-state index contributed by atoms with van der Waals surface area (Å²) < 4.78 is 0. The molecule has 1 aliphatic rings. The Hall–Kier alpha value is -0.0400. The predicted octanol–water partition coefficient (Wildman–Crippen LogP) is 3.34. The first-order valence-corrected chi connectivity index (χ1v) is 6.06. The number of hydrogen-bond acceptors (Lipinski definition) is 1. The maximum Gasteiger partial charge on any atom is 0.00360 e. The minimum absolute atomic E-state index is 0.712. The van der Waals surface area contributed by atoms with Gasteiger partial charge in [-0.25, -0.2) is 0 Å². The molecule has 0 bridgehead atoms. The summed E-state index contributed by atoms with van der Waals surface area (Å²) in [6.07, 6.45) is 10.1. The van der Waals surface area contributed by atoms with Gasteiger partial charge in [-0.2, -0.15) is 0 Å². The van der Waals surface area contributed by atoms with Gasteiger partial charge in [0.05, 0.1) is 0 Å². The van der Waals surface area contributed by atoms with Gasteiger partial charge in [0.1, 0.15) is 0 Å². The van der Waals surface area contributed by atoms with Crippen LogP contribution in [0.25, 0.3) is 0 Å². The van der Waals surface area contributed by atoms with E-state index in [9.17, 15) is 0 Å². The zero-order chi connectivity index (χ0) is 9.52. The van der Waals surface area contributed by atoms with Gasteiger partial charge in [-0.05, 0) is 38.6 Å². The fourth-order valence-electron chi connectivity index (χ4n) is 2.18. The van der Waals surface area contributed by atoms with Crippen LogP contribution in [0.4, 0.5) is 0 Å². The van der Waals surface area contributed by atoms with Crippen LogP contribution in [0.2, 0.25) is 0 Å². The van der Waals surface area contributed by atoms with Crippen molar-refractivity contribution in [3.8, 4) is 0 Å². The van der Waals surface area contributed by atoms with E-state index >= 15 is 0 Å². The molecule has 0 aromatic heterocycles. The first kappa shape index (κ1) is 11.0. The summed E-state index contributed by atoms with van der Waals surface area (Å²) in [5.74, 6) is 1.07. The summed E-state index contributed by atoms with van der Waals surface area (Å²) in [5, 5.41) is 3.56. The van der Waals surface area contributed by atoms with Gasteiger partial charge < -0.3 is 5.32 Å². The maximum atomic E-state index is 3.56. The summed E-state index contributed by atoms with van der Waals surface area (Å²) in [7, 11) is 0. The van der Waals surface area contributed by atoms with Crippen molar-refractivity contribution in [2.45, 2.75) is 64.8 Å². The van der Waals surface area contributed by atoms with Crippen LogP contribution in [0, 0.1) is 5.92 Å². The van der Waals surface area contributed by atoms with Gasteiger partial charge in [-0.15, -0.1) is 0 Å². The quantitative estimate of drug-likeness (QED) is 0.623. The average Bonchev–Trinajstić information content (AvgIpc) is 2.64. The van der Waals surface area contributed by atoms with E-state index in [4.69, 9.17) is 0 Å². The Morgan fingerprint density at radius 2 is 2.00 bits per heavy atom. The van der Waals surface area contributed by atoms with E-state index in [1.54, 1.807) is 0 Å². The van der Waals surface area contributed by atoms with E-state index in [0.29, 0.717) is 6.04 Å². The first-order chi connectivity index (χ1) is 6.33. The minimum Gasteiger partial charge on any atom is -0.314 e. The van der Waals surface area contributed by atoms with Gasteiger partial charge in [0, 0.05) is 6.04 Å². The molecule has 1 rings (SSSR count). The van der Waals surface area contributed by atoms with Crippen LogP contribution in [0.5, 0.6) is 0 Å². The summed E-state index contributed by atoms with van der Waals surface area (Å²) in [6, 6.07) is 0.712. The molecule has 0 amide bonds. The third kappa shape index (κ3) is 4.66. The summed E-state index contributed by atoms with van der Waals surface area (Å²) in [4.78, 5) is 0. The Kier molecular flexibility index (Phi) is 5.45. The molecule has 1 fully saturated rings. The molecule has 0 radical (unpaired) electrons. The topological polar surface area (TPSA) is 12.0 Å². The largest absolute Gasteiger partial charge is 0.314 e. The van der Waals surface area contributed by atoms with Gasteiger partial charge in [-0.3, -0.25) is 0 Å². The zero-order valence-corrected chi connectivity index (χ0v) is 9.31. The molecule has 1 aliphatic carbocycles. The zero-order valence-electron chi connectivity index (χ0n) is 9.31. The Labute approximate surface area is 83.3 Å². The summed E-state index contributed by atoms with van der Waals surface area (Å²) >= 11 is 0. The van der Waals surface area contributed by atoms with Gasteiger partial charge >= 0.3 is 0 Å². The molecule has 0 aromatic rings. The first-order valence-electron chi connectivity index (χ1n) is 6.06. The van der Waals surface area contributed by atoms with Crippen LogP contribution >= 0.6 is 0 Å². The molecular formula is C12H25N. The molecule has 0 spiro atoms. The van der Waals surface area contributed by atoms with E-state index in [0.717, 1.165) is 5.92 Å². The van der Waals surface area contributed by atoms with Crippen molar-refractivity contribution in [2.75, 3.05) is 6.54 Å². The molecule has 0 aromatic carbocycles. The monoisotopic (exact) mass is 183 g/mol. The Morgan fingerprint density at radius 1 is 1.31 bits per heavy atom. The van der Waals surface area contributed by atoms with Crippen molar-refractivity contribution in [1.82, 2.24) is 5.32 Å². The highest BCUT2D eigenvalue weighted by Gasteiger charge is 2.13. The fraction of sp³-hybridized carbons (Fsp3) is 1.00.